The molecule has 0 spiro atoms. The molecule has 1 amide bonds. The molecule has 152 valence electrons. The maximum atomic E-state index is 14.0. The summed E-state index contributed by atoms with van der Waals surface area (Å²) >= 11 is 0. The molecule has 1 fully saturated rings. The molecule has 2 nitrogen and oxygen atoms in total. The summed E-state index contributed by atoms with van der Waals surface area (Å²) in [5, 5.41) is 3.79. The normalized spacial score (nSPS) is 16.5. The van der Waals surface area contributed by atoms with Crippen LogP contribution in [0, 0.1) is 0 Å². The van der Waals surface area contributed by atoms with Crippen LogP contribution in [-0.2, 0) is 4.79 Å². The van der Waals surface area contributed by atoms with Gasteiger partial charge in [0.1, 0.15) is 23.2 Å². The first-order valence-corrected chi connectivity index (χ1v) is 12.6. The van der Waals surface area contributed by atoms with Gasteiger partial charge in [0, 0.05) is 18.7 Å². The van der Waals surface area contributed by atoms with Gasteiger partial charge in [-0.1, -0.05) is 72.8 Å². The number of anilines is 1. The third-order valence-electron chi connectivity index (χ3n) is 6.20. The van der Waals surface area contributed by atoms with Gasteiger partial charge in [-0.25, -0.2) is 0 Å². The molecule has 1 unspecified atom stereocenters. The van der Waals surface area contributed by atoms with Gasteiger partial charge >= 0.3 is 0 Å². The Morgan fingerprint density at radius 2 is 0.968 bits per heavy atom. The summed E-state index contributed by atoms with van der Waals surface area (Å²) in [5.41, 5.74) is 0.905. The van der Waals surface area contributed by atoms with Crippen LogP contribution < -0.4 is 20.8 Å². The summed E-state index contributed by atoms with van der Waals surface area (Å²) in [6, 6.07) is 42.1. The van der Waals surface area contributed by atoms with E-state index in [0.29, 0.717) is 0 Å². The van der Waals surface area contributed by atoms with Crippen LogP contribution in [0.2, 0.25) is 0 Å². The van der Waals surface area contributed by atoms with Crippen molar-refractivity contribution in [1.29, 1.82) is 0 Å². The van der Waals surface area contributed by atoms with E-state index in [1.165, 1.54) is 15.9 Å². The van der Waals surface area contributed by atoms with E-state index in [-0.39, 0.29) is 11.6 Å². The molecule has 0 saturated carbocycles. The average molecular weight is 422 g/mol. The maximum absolute atomic E-state index is 14.0. The number of carbonyl (C=O) groups is 1. The van der Waals surface area contributed by atoms with Crippen LogP contribution in [0.3, 0.4) is 0 Å². The first-order chi connectivity index (χ1) is 15.3. The molecule has 0 aromatic heterocycles. The number of benzene rings is 4. The van der Waals surface area contributed by atoms with Gasteiger partial charge < -0.3 is 4.90 Å². The second-order valence-electron chi connectivity index (χ2n) is 7.86. The third kappa shape index (κ3) is 3.38. The summed E-state index contributed by atoms with van der Waals surface area (Å²) in [7, 11) is -2.21. The summed E-state index contributed by atoms with van der Waals surface area (Å²) in [6.07, 6.45) is 0.847. The molecular formula is C28H25NOP+. The second-order valence-corrected chi connectivity index (χ2v) is 11.5. The first kappa shape index (κ1) is 19.7. The SMILES string of the molecule is O=C1C([P+](c2ccccc2)(c2ccccc2)c2ccccc2)CCN1c1ccccc1. The monoisotopic (exact) mass is 422 g/mol. The van der Waals surface area contributed by atoms with Crippen LogP contribution >= 0.6 is 7.26 Å². The minimum atomic E-state index is -2.21. The average Bonchev–Trinajstić information content (AvgIpc) is 3.24. The molecule has 4 aromatic rings. The second kappa shape index (κ2) is 8.49. The molecule has 31 heavy (non-hydrogen) atoms. The van der Waals surface area contributed by atoms with Gasteiger partial charge in [-0.3, -0.25) is 4.79 Å². The Hall–Kier alpha value is -3.22. The molecule has 5 rings (SSSR count). The Morgan fingerprint density at radius 3 is 1.39 bits per heavy atom. The zero-order valence-electron chi connectivity index (χ0n) is 17.3. The van der Waals surface area contributed by atoms with E-state index in [1.54, 1.807) is 0 Å². The lowest BCUT2D eigenvalue weighted by Crippen LogP contribution is -2.42. The van der Waals surface area contributed by atoms with Crippen LogP contribution in [0.5, 0.6) is 0 Å². The number of amides is 1. The Kier molecular flexibility index (Phi) is 5.40. The zero-order chi connectivity index (χ0) is 21.1. The van der Waals surface area contributed by atoms with Crippen LogP contribution in [0.15, 0.2) is 121 Å². The smallest absolute Gasteiger partial charge is 0.268 e. The molecule has 1 heterocycles. The highest BCUT2D eigenvalue weighted by molar-refractivity contribution is 7.97. The van der Waals surface area contributed by atoms with Gasteiger partial charge in [-0.2, -0.15) is 0 Å². The highest BCUT2D eigenvalue weighted by Crippen LogP contribution is 2.62. The van der Waals surface area contributed by atoms with Crippen LogP contribution in [0.1, 0.15) is 6.42 Å². The van der Waals surface area contributed by atoms with E-state index in [1.807, 2.05) is 35.2 Å². The van der Waals surface area contributed by atoms with Crippen LogP contribution in [0.25, 0.3) is 0 Å². The quantitative estimate of drug-likeness (QED) is 0.424. The number of hydrogen-bond acceptors (Lipinski definition) is 1. The molecule has 1 aliphatic heterocycles. The topological polar surface area (TPSA) is 20.3 Å². The predicted octanol–water partition coefficient (Wildman–Crippen LogP) is 4.79. The number of nitrogens with zero attached hydrogens (tertiary/aromatic N) is 1. The highest BCUT2D eigenvalue weighted by atomic mass is 31.2. The van der Waals surface area contributed by atoms with E-state index >= 15 is 0 Å². The fraction of sp³-hybridized carbons (Fsp3) is 0.107. The van der Waals surface area contributed by atoms with Gasteiger partial charge in [0.15, 0.2) is 5.66 Å². The van der Waals surface area contributed by atoms with Crippen molar-refractivity contribution in [2.75, 3.05) is 11.4 Å². The molecule has 3 heteroatoms. The van der Waals surface area contributed by atoms with Crippen molar-refractivity contribution in [3.8, 4) is 0 Å². The lowest BCUT2D eigenvalue weighted by atomic mass is 10.3. The number of para-hydroxylation sites is 1. The Labute approximate surface area is 184 Å². The molecule has 0 N–H and O–H groups in total. The van der Waals surface area contributed by atoms with Crippen LogP contribution in [0.4, 0.5) is 5.69 Å². The largest absolute Gasteiger partial charge is 0.309 e. The fourth-order valence-corrected chi connectivity index (χ4v) is 9.74. The molecule has 1 atom stereocenters. The molecule has 0 bridgehead atoms. The Balaban J connectivity index is 1.74. The predicted molar refractivity (Wildman–Crippen MR) is 132 cm³/mol. The zero-order valence-corrected chi connectivity index (χ0v) is 18.2. The molecule has 1 aliphatic rings. The molecular weight excluding hydrogens is 397 g/mol. The van der Waals surface area contributed by atoms with E-state index in [9.17, 15) is 4.79 Å². The van der Waals surface area contributed by atoms with Gasteiger partial charge in [0.05, 0.1) is 0 Å². The summed E-state index contributed by atoms with van der Waals surface area (Å²) in [4.78, 5) is 16.0. The third-order valence-corrected chi connectivity index (χ3v) is 11.0. The maximum Gasteiger partial charge on any atom is 0.268 e. The van der Waals surface area contributed by atoms with E-state index < -0.39 is 7.26 Å². The number of hydrogen-bond donors (Lipinski definition) is 0. The van der Waals surface area contributed by atoms with Gasteiger partial charge in [-0.15, -0.1) is 0 Å². The van der Waals surface area contributed by atoms with E-state index in [0.717, 1.165) is 18.7 Å². The van der Waals surface area contributed by atoms with Gasteiger partial charge in [0.25, 0.3) is 5.91 Å². The van der Waals surface area contributed by atoms with Crippen molar-refractivity contribution in [2.45, 2.75) is 12.1 Å². The molecule has 0 aliphatic carbocycles. The first-order valence-electron chi connectivity index (χ1n) is 10.7. The Bertz CT molecular complexity index is 1050. The lowest BCUT2D eigenvalue weighted by molar-refractivity contribution is -0.116. The summed E-state index contributed by atoms with van der Waals surface area (Å²) in [6.45, 7) is 0.752. The van der Waals surface area contributed by atoms with Crippen molar-refractivity contribution in [3.05, 3.63) is 121 Å². The van der Waals surface area contributed by atoms with Crippen molar-refractivity contribution in [3.63, 3.8) is 0 Å². The van der Waals surface area contributed by atoms with Crippen molar-refractivity contribution < 1.29 is 4.79 Å². The lowest BCUT2D eigenvalue weighted by Gasteiger charge is -2.32. The standard InChI is InChI=1S/C28H25NOP/c30-28-27(21-22-29(28)23-13-5-1-6-14-23)31(24-15-7-2-8-16-24,25-17-9-3-10-18-25)26-19-11-4-12-20-26/h1-20,27H,21-22H2/q+1. The minimum Gasteiger partial charge on any atom is -0.309 e. The molecule has 0 radical (unpaired) electrons. The van der Waals surface area contributed by atoms with Gasteiger partial charge in [0.2, 0.25) is 0 Å². The summed E-state index contributed by atoms with van der Waals surface area (Å²) < 4.78 is 0. The van der Waals surface area contributed by atoms with Crippen molar-refractivity contribution >= 4 is 34.8 Å². The fourth-order valence-electron chi connectivity index (χ4n) is 4.86. The van der Waals surface area contributed by atoms with E-state index in [4.69, 9.17) is 0 Å². The van der Waals surface area contributed by atoms with Crippen LogP contribution in [-0.4, -0.2) is 18.1 Å². The highest BCUT2D eigenvalue weighted by Gasteiger charge is 2.58. The molecule has 1 saturated heterocycles. The summed E-state index contributed by atoms with van der Waals surface area (Å²) in [5.74, 6) is 0.232. The van der Waals surface area contributed by atoms with E-state index in [2.05, 4.69) is 91.0 Å². The minimum absolute atomic E-state index is 0.0834. The number of carbonyl (C=O) groups excluding carboxylic acids is 1. The molecule has 4 aromatic carbocycles. The van der Waals surface area contributed by atoms with Crippen molar-refractivity contribution in [2.24, 2.45) is 0 Å². The number of rotatable bonds is 5. The Morgan fingerprint density at radius 1 is 0.581 bits per heavy atom. The van der Waals surface area contributed by atoms with Crippen molar-refractivity contribution in [1.82, 2.24) is 0 Å². The van der Waals surface area contributed by atoms with Gasteiger partial charge in [-0.05, 0) is 48.5 Å².